The molecule has 1 fully saturated rings. The molecule has 1 aliphatic rings. The molecule has 0 saturated heterocycles. The van der Waals surface area contributed by atoms with Crippen molar-refractivity contribution in [1.82, 2.24) is 0 Å². The summed E-state index contributed by atoms with van der Waals surface area (Å²) in [6, 6.07) is 9.39. The van der Waals surface area contributed by atoms with Crippen molar-refractivity contribution in [3.8, 4) is 0 Å². The van der Waals surface area contributed by atoms with Gasteiger partial charge in [0.2, 0.25) is 0 Å². The number of aliphatic carboxylic acids is 1. The van der Waals surface area contributed by atoms with E-state index in [0.29, 0.717) is 6.42 Å². The summed E-state index contributed by atoms with van der Waals surface area (Å²) >= 11 is 0. The maximum absolute atomic E-state index is 11.2. The molecular weight excluding hydrogens is 176 g/mol. The van der Waals surface area contributed by atoms with Crippen molar-refractivity contribution >= 4 is 5.97 Å². The number of hydrogen-bond donors (Lipinski definition) is 1. The number of allylic oxidation sites excluding steroid dienone is 1. The van der Waals surface area contributed by atoms with Gasteiger partial charge in [-0.1, -0.05) is 36.4 Å². The summed E-state index contributed by atoms with van der Waals surface area (Å²) in [5, 5.41) is 9.21. The molecule has 0 aliphatic heterocycles. The lowest BCUT2D eigenvalue weighted by Gasteiger charge is -2.10. The van der Waals surface area contributed by atoms with Crippen LogP contribution < -0.4 is 0 Å². The molecule has 2 nitrogen and oxygen atoms in total. The minimum absolute atomic E-state index is 0.0856. The van der Waals surface area contributed by atoms with E-state index in [1.807, 2.05) is 30.3 Å². The lowest BCUT2D eigenvalue weighted by molar-refractivity contribution is -0.140. The molecular formula is C12H12O2. The van der Waals surface area contributed by atoms with E-state index in [1.54, 1.807) is 6.08 Å². The Morgan fingerprint density at radius 2 is 2.14 bits per heavy atom. The molecule has 2 atom stereocenters. The summed E-state index contributed by atoms with van der Waals surface area (Å²) < 4.78 is 0. The quantitative estimate of drug-likeness (QED) is 0.738. The molecule has 0 amide bonds. The van der Waals surface area contributed by atoms with Gasteiger partial charge in [0, 0.05) is 0 Å². The third-order valence-electron chi connectivity index (χ3n) is 2.97. The van der Waals surface area contributed by atoms with Crippen molar-refractivity contribution in [2.24, 2.45) is 5.92 Å². The molecule has 1 aliphatic carbocycles. The van der Waals surface area contributed by atoms with Gasteiger partial charge >= 0.3 is 5.97 Å². The first-order valence-corrected chi connectivity index (χ1v) is 4.63. The summed E-state index contributed by atoms with van der Waals surface area (Å²) in [7, 11) is 0. The van der Waals surface area contributed by atoms with E-state index in [1.165, 1.54) is 0 Å². The number of hydrogen-bond acceptors (Lipinski definition) is 1. The zero-order chi connectivity index (χ0) is 10.2. The monoisotopic (exact) mass is 188 g/mol. The molecule has 14 heavy (non-hydrogen) atoms. The van der Waals surface area contributed by atoms with Crippen LogP contribution in [-0.2, 0) is 10.2 Å². The molecule has 1 aromatic carbocycles. The van der Waals surface area contributed by atoms with Crippen molar-refractivity contribution in [3.05, 3.63) is 48.6 Å². The summed E-state index contributed by atoms with van der Waals surface area (Å²) in [5.41, 5.74) is 0.195. The van der Waals surface area contributed by atoms with Crippen LogP contribution in [0.1, 0.15) is 12.0 Å². The number of carboxylic acid groups (broad SMARTS) is 1. The highest BCUT2D eigenvalue weighted by atomic mass is 16.4. The highest BCUT2D eigenvalue weighted by molar-refractivity contribution is 5.86. The van der Waals surface area contributed by atoms with Crippen molar-refractivity contribution in [1.29, 1.82) is 0 Å². The van der Waals surface area contributed by atoms with E-state index in [2.05, 4.69) is 6.58 Å². The summed E-state index contributed by atoms with van der Waals surface area (Å²) in [4.78, 5) is 11.2. The van der Waals surface area contributed by atoms with Gasteiger partial charge in [0.1, 0.15) is 0 Å². The molecule has 1 aromatic rings. The predicted molar refractivity (Wildman–Crippen MR) is 54.1 cm³/mol. The number of carboxylic acids is 1. The zero-order valence-corrected chi connectivity index (χ0v) is 7.81. The zero-order valence-electron chi connectivity index (χ0n) is 7.81. The van der Waals surface area contributed by atoms with Crippen LogP contribution in [0.15, 0.2) is 43.0 Å². The van der Waals surface area contributed by atoms with E-state index >= 15 is 0 Å². The van der Waals surface area contributed by atoms with Crippen LogP contribution >= 0.6 is 0 Å². The lowest BCUT2D eigenvalue weighted by atomic mass is 9.93. The molecule has 0 radical (unpaired) electrons. The smallest absolute Gasteiger partial charge is 0.314 e. The van der Waals surface area contributed by atoms with Gasteiger partial charge in [-0.3, -0.25) is 4.79 Å². The molecule has 0 spiro atoms. The summed E-state index contributed by atoms with van der Waals surface area (Å²) in [6.07, 6.45) is 2.41. The molecule has 1 N–H and O–H groups in total. The first-order chi connectivity index (χ1) is 6.71. The lowest BCUT2D eigenvalue weighted by Crippen LogP contribution is -2.21. The maximum atomic E-state index is 11.2. The minimum atomic E-state index is -0.742. The van der Waals surface area contributed by atoms with E-state index < -0.39 is 11.4 Å². The molecule has 0 aromatic heterocycles. The summed E-state index contributed by atoms with van der Waals surface area (Å²) in [5.74, 6) is -0.656. The summed E-state index contributed by atoms with van der Waals surface area (Å²) in [6.45, 7) is 3.66. The van der Waals surface area contributed by atoms with Crippen molar-refractivity contribution in [3.63, 3.8) is 0 Å². The van der Waals surface area contributed by atoms with Crippen molar-refractivity contribution in [2.75, 3.05) is 0 Å². The highest BCUT2D eigenvalue weighted by Gasteiger charge is 2.59. The van der Waals surface area contributed by atoms with Crippen LogP contribution in [0.4, 0.5) is 0 Å². The largest absolute Gasteiger partial charge is 0.481 e. The topological polar surface area (TPSA) is 37.3 Å². The third-order valence-corrected chi connectivity index (χ3v) is 2.97. The van der Waals surface area contributed by atoms with Crippen LogP contribution in [0.2, 0.25) is 0 Å². The van der Waals surface area contributed by atoms with Crippen LogP contribution in [0.25, 0.3) is 0 Å². The Hall–Kier alpha value is -1.57. The Kier molecular flexibility index (Phi) is 1.92. The van der Waals surface area contributed by atoms with Gasteiger partial charge in [0.05, 0.1) is 5.41 Å². The molecule has 1 saturated carbocycles. The molecule has 0 bridgehead atoms. The number of benzene rings is 1. The second-order valence-corrected chi connectivity index (χ2v) is 3.69. The van der Waals surface area contributed by atoms with Crippen LogP contribution in [0, 0.1) is 5.92 Å². The van der Waals surface area contributed by atoms with E-state index in [0.717, 1.165) is 5.56 Å². The number of rotatable bonds is 3. The Bertz CT molecular complexity index is 369. The van der Waals surface area contributed by atoms with E-state index in [9.17, 15) is 9.90 Å². The third kappa shape index (κ3) is 1.07. The van der Waals surface area contributed by atoms with Gasteiger partial charge in [0.15, 0.2) is 0 Å². The SMILES string of the molecule is C=CC1CC1(C(=O)O)c1ccccc1. The van der Waals surface area contributed by atoms with Crippen LogP contribution in [0.3, 0.4) is 0 Å². The fraction of sp³-hybridized carbons (Fsp3) is 0.250. The molecule has 2 heteroatoms. The molecule has 0 heterocycles. The van der Waals surface area contributed by atoms with E-state index in [-0.39, 0.29) is 5.92 Å². The van der Waals surface area contributed by atoms with Gasteiger partial charge in [0.25, 0.3) is 0 Å². The maximum Gasteiger partial charge on any atom is 0.314 e. The fourth-order valence-electron chi connectivity index (χ4n) is 2.01. The Morgan fingerprint density at radius 3 is 2.57 bits per heavy atom. The minimum Gasteiger partial charge on any atom is -0.481 e. The van der Waals surface area contributed by atoms with Crippen molar-refractivity contribution < 1.29 is 9.90 Å². The first kappa shape index (κ1) is 9.00. The van der Waals surface area contributed by atoms with E-state index in [4.69, 9.17) is 0 Å². The average Bonchev–Trinajstić information content (AvgIpc) is 2.94. The van der Waals surface area contributed by atoms with Gasteiger partial charge in [-0.2, -0.15) is 0 Å². The predicted octanol–water partition coefficient (Wildman–Crippen LogP) is 2.21. The Balaban J connectivity index is 2.41. The second kappa shape index (κ2) is 2.98. The second-order valence-electron chi connectivity index (χ2n) is 3.69. The fourth-order valence-corrected chi connectivity index (χ4v) is 2.01. The highest BCUT2D eigenvalue weighted by Crippen LogP contribution is 2.55. The van der Waals surface area contributed by atoms with Crippen LogP contribution in [0.5, 0.6) is 0 Å². The van der Waals surface area contributed by atoms with Gasteiger partial charge in [-0.15, -0.1) is 6.58 Å². The molecule has 2 rings (SSSR count). The average molecular weight is 188 g/mol. The van der Waals surface area contributed by atoms with Gasteiger partial charge < -0.3 is 5.11 Å². The Labute approximate surface area is 82.9 Å². The van der Waals surface area contributed by atoms with Gasteiger partial charge in [-0.05, 0) is 17.9 Å². The molecule has 72 valence electrons. The number of carbonyl (C=O) groups is 1. The molecule has 2 unspecified atom stereocenters. The first-order valence-electron chi connectivity index (χ1n) is 4.63. The van der Waals surface area contributed by atoms with Crippen LogP contribution in [-0.4, -0.2) is 11.1 Å². The standard InChI is InChI=1S/C12H12O2/c1-2-9-8-12(9,11(13)14)10-6-4-3-5-7-10/h2-7,9H,1,8H2,(H,13,14). The Morgan fingerprint density at radius 1 is 1.50 bits per heavy atom. The van der Waals surface area contributed by atoms with Crippen molar-refractivity contribution in [2.45, 2.75) is 11.8 Å². The van der Waals surface area contributed by atoms with Gasteiger partial charge in [-0.25, -0.2) is 0 Å². The normalized spacial score (nSPS) is 29.6.